The first kappa shape index (κ1) is 13.0. The van der Waals surface area contributed by atoms with Crippen molar-refractivity contribution in [1.29, 1.82) is 0 Å². The van der Waals surface area contributed by atoms with Gasteiger partial charge in [-0.05, 0) is 6.07 Å². The molecule has 1 heterocycles. The van der Waals surface area contributed by atoms with Crippen LogP contribution in [0, 0.1) is 0 Å². The van der Waals surface area contributed by atoms with Gasteiger partial charge in [0.15, 0.2) is 0 Å². The van der Waals surface area contributed by atoms with E-state index in [1.54, 1.807) is 0 Å². The number of carbonyl (C=O) groups is 3. The van der Waals surface area contributed by atoms with Crippen molar-refractivity contribution in [2.24, 2.45) is 5.73 Å². The number of aromatic nitrogens is 1. The minimum atomic E-state index is -1.24. The van der Waals surface area contributed by atoms with Crippen molar-refractivity contribution in [1.82, 2.24) is 9.88 Å². The van der Waals surface area contributed by atoms with Gasteiger partial charge in [-0.1, -0.05) is 11.6 Å². The number of carboxylic acid groups (broad SMARTS) is 1. The zero-order valence-corrected chi connectivity index (χ0v) is 9.40. The van der Waals surface area contributed by atoms with Crippen LogP contribution in [0.15, 0.2) is 12.3 Å². The van der Waals surface area contributed by atoms with Gasteiger partial charge in [0.1, 0.15) is 18.8 Å². The number of H-pyrrole nitrogens is 1. The van der Waals surface area contributed by atoms with Crippen LogP contribution in [0.4, 0.5) is 0 Å². The van der Waals surface area contributed by atoms with Crippen LogP contribution in [-0.2, 0) is 9.59 Å². The molecule has 4 N–H and O–H groups in total. The number of nitrogens with zero attached hydrogens (tertiary/aromatic N) is 1. The SMILES string of the molecule is NC(=O)CN(CC(=O)O)C(=O)c1cc(Cl)c[nH]1. The highest BCUT2D eigenvalue weighted by Crippen LogP contribution is 2.11. The van der Waals surface area contributed by atoms with Crippen LogP contribution >= 0.6 is 11.6 Å². The first-order valence-corrected chi connectivity index (χ1v) is 4.91. The number of aliphatic carboxylic acids is 1. The van der Waals surface area contributed by atoms with Gasteiger partial charge >= 0.3 is 5.97 Å². The number of hydrogen-bond acceptors (Lipinski definition) is 3. The van der Waals surface area contributed by atoms with Crippen molar-refractivity contribution in [3.63, 3.8) is 0 Å². The van der Waals surface area contributed by atoms with E-state index in [1.807, 2.05) is 0 Å². The van der Waals surface area contributed by atoms with E-state index < -0.39 is 30.9 Å². The van der Waals surface area contributed by atoms with Gasteiger partial charge in [-0.15, -0.1) is 0 Å². The van der Waals surface area contributed by atoms with E-state index in [4.69, 9.17) is 22.4 Å². The molecule has 8 heteroatoms. The molecule has 1 rings (SSSR count). The van der Waals surface area contributed by atoms with Crippen molar-refractivity contribution >= 4 is 29.4 Å². The van der Waals surface area contributed by atoms with Gasteiger partial charge in [0, 0.05) is 6.20 Å². The number of rotatable bonds is 5. The number of halogens is 1. The molecular weight excluding hydrogens is 250 g/mol. The Balaban J connectivity index is 2.85. The Labute approximate surface area is 101 Å². The Kier molecular flexibility index (Phi) is 4.11. The number of nitrogens with one attached hydrogen (secondary N) is 1. The maximum Gasteiger partial charge on any atom is 0.323 e. The quantitative estimate of drug-likeness (QED) is 0.672. The van der Waals surface area contributed by atoms with Crippen LogP contribution in [0.3, 0.4) is 0 Å². The predicted molar refractivity (Wildman–Crippen MR) is 58.5 cm³/mol. The smallest absolute Gasteiger partial charge is 0.323 e. The number of amides is 2. The molecule has 0 bridgehead atoms. The number of carboxylic acids is 1. The fraction of sp³-hybridized carbons (Fsp3) is 0.222. The molecule has 92 valence electrons. The zero-order chi connectivity index (χ0) is 13.0. The second-order valence-electron chi connectivity index (χ2n) is 3.25. The Hall–Kier alpha value is -2.02. The number of carbonyl (C=O) groups excluding carboxylic acids is 2. The predicted octanol–water partition coefficient (Wildman–Crippen LogP) is -0.320. The first-order valence-electron chi connectivity index (χ1n) is 4.53. The summed E-state index contributed by atoms with van der Waals surface area (Å²) in [5.41, 5.74) is 5.02. The number of nitrogens with two attached hydrogens (primary N) is 1. The third kappa shape index (κ3) is 3.80. The van der Waals surface area contributed by atoms with Gasteiger partial charge in [0.25, 0.3) is 5.91 Å². The lowest BCUT2D eigenvalue weighted by Gasteiger charge is -2.17. The van der Waals surface area contributed by atoms with E-state index in [1.165, 1.54) is 12.3 Å². The molecule has 0 atom stereocenters. The lowest BCUT2D eigenvalue weighted by molar-refractivity contribution is -0.138. The van der Waals surface area contributed by atoms with E-state index in [2.05, 4.69) is 4.98 Å². The third-order valence-corrected chi connectivity index (χ3v) is 2.06. The van der Waals surface area contributed by atoms with Crippen molar-refractivity contribution < 1.29 is 19.5 Å². The molecule has 1 aromatic rings. The Morgan fingerprint density at radius 2 is 2.06 bits per heavy atom. The molecule has 1 aromatic heterocycles. The van der Waals surface area contributed by atoms with E-state index >= 15 is 0 Å². The highest BCUT2D eigenvalue weighted by Gasteiger charge is 2.21. The van der Waals surface area contributed by atoms with Gasteiger partial charge < -0.3 is 20.7 Å². The van der Waals surface area contributed by atoms with Crippen molar-refractivity contribution in [3.05, 3.63) is 23.0 Å². The largest absolute Gasteiger partial charge is 0.480 e. The Morgan fingerprint density at radius 3 is 2.47 bits per heavy atom. The summed E-state index contributed by atoms with van der Waals surface area (Å²) in [6, 6.07) is 1.33. The van der Waals surface area contributed by atoms with Crippen LogP contribution in [-0.4, -0.2) is 45.9 Å². The summed E-state index contributed by atoms with van der Waals surface area (Å²) in [6.45, 7) is -1.08. The molecule has 0 aromatic carbocycles. The normalized spacial score (nSPS) is 9.94. The Bertz CT molecular complexity index is 441. The molecule has 0 saturated carbocycles. The average molecular weight is 260 g/mol. The molecule has 0 fully saturated rings. The van der Waals surface area contributed by atoms with Crippen molar-refractivity contribution in [2.75, 3.05) is 13.1 Å². The minimum Gasteiger partial charge on any atom is -0.480 e. The number of primary amides is 1. The van der Waals surface area contributed by atoms with Gasteiger partial charge in [0.2, 0.25) is 5.91 Å². The molecule has 17 heavy (non-hydrogen) atoms. The van der Waals surface area contributed by atoms with E-state index in [0.29, 0.717) is 5.02 Å². The van der Waals surface area contributed by atoms with Gasteiger partial charge in [-0.3, -0.25) is 14.4 Å². The summed E-state index contributed by atoms with van der Waals surface area (Å²) in [6.07, 6.45) is 1.37. The van der Waals surface area contributed by atoms with Crippen LogP contribution in [0.2, 0.25) is 5.02 Å². The van der Waals surface area contributed by atoms with Crippen molar-refractivity contribution in [3.8, 4) is 0 Å². The summed E-state index contributed by atoms with van der Waals surface area (Å²) >= 11 is 5.61. The van der Waals surface area contributed by atoms with Gasteiger partial charge in [0.05, 0.1) is 5.02 Å². The summed E-state index contributed by atoms with van der Waals surface area (Å²) in [4.78, 5) is 36.5. The number of hydrogen-bond donors (Lipinski definition) is 3. The van der Waals surface area contributed by atoms with Crippen molar-refractivity contribution in [2.45, 2.75) is 0 Å². The standard InChI is InChI=1S/C9H10ClN3O4/c10-5-1-6(12-2-5)9(17)13(3-7(11)14)4-8(15)16/h1-2,12H,3-4H2,(H2,11,14)(H,15,16). The molecule has 7 nitrogen and oxygen atoms in total. The van der Waals surface area contributed by atoms with E-state index in [9.17, 15) is 14.4 Å². The summed E-state index contributed by atoms with van der Waals surface area (Å²) in [5.74, 6) is -2.69. The lowest BCUT2D eigenvalue weighted by atomic mass is 10.3. The highest BCUT2D eigenvalue weighted by atomic mass is 35.5. The molecule has 0 aliphatic rings. The topological polar surface area (TPSA) is 116 Å². The second kappa shape index (κ2) is 5.35. The van der Waals surface area contributed by atoms with Gasteiger partial charge in [-0.2, -0.15) is 0 Å². The zero-order valence-electron chi connectivity index (χ0n) is 8.64. The fourth-order valence-electron chi connectivity index (χ4n) is 1.21. The number of aromatic amines is 1. The minimum absolute atomic E-state index is 0.0949. The first-order chi connectivity index (χ1) is 7.90. The maximum absolute atomic E-state index is 11.8. The molecule has 2 amide bonds. The molecule has 0 spiro atoms. The molecule has 0 radical (unpaired) electrons. The Morgan fingerprint density at radius 1 is 1.41 bits per heavy atom. The van der Waals surface area contributed by atoms with Crippen LogP contribution < -0.4 is 5.73 Å². The van der Waals surface area contributed by atoms with Crippen LogP contribution in [0.25, 0.3) is 0 Å². The summed E-state index contributed by atoms with van der Waals surface area (Å²) in [5, 5.41) is 8.92. The van der Waals surface area contributed by atoms with Crippen LogP contribution in [0.5, 0.6) is 0 Å². The lowest BCUT2D eigenvalue weighted by Crippen LogP contribution is -2.41. The molecular formula is C9H10ClN3O4. The molecule has 0 aliphatic carbocycles. The van der Waals surface area contributed by atoms with E-state index in [-0.39, 0.29) is 5.69 Å². The average Bonchev–Trinajstić information content (AvgIpc) is 2.61. The monoisotopic (exact) mass is 259 g/mol. The molecule has 0 saturated heterocycles. The second-order valence-corrected chi connectivity index (χ2v) is 3.69. The maximum atomic E-state index is 11.8. The van der Waals surface area contributed by atoms with Crippen LogP contribution in [0.1, 0.15) is 10.5 Å². The van der Waals surface area contributed by atoms with E-state index in [0.717, 1.165) is 4.90 Å². The highest BCUT2D eigenvalue weighted by molar-refractivity contribution is 6.31. The summed E-state index contributed by atoms with van der Waals surface area (Å²) in [7, 11) is 0. The molecule has 0 aliphatic heterocycles. The molecule has 0 unspecified atom stereocenters. The summed E-state index contributed by atoms with van der Waals surface area (Å²) < 4.78 is 0. The fourth-order valence-corrected chi connectivity index (χ4v) is 1.38. The van der Waals surface area contributed by atoms with Gasteiger partial charge in [-0.25, -0.2) is 0 Å². The third-order valence-electron chi connectivity index (χ3n) is 1.84.